The van der Waals surface area contributed by atoms with Crippen LogP contribution in [0.1, 0.15) is 66.2 Å². The van der Waals surface area contributed by atoms with Gasteiger partial charge in [0.15, 0.2) is 0 Å². The quantitative estimate of drug-likeness (QED) is 0.323. The van der Waals surface area contributed by atoms with Crippen LogP contribution in [-0.4, -0.2) is 25.2 Å². The Balaban J connectivity index is 5.01. The van der Waals surface area contributed by atoms with E-state index in [-0.39, 0.29) is 11.9 Å². The number of allylic oxidation sites excluding steroid dienone is 3. The van der Waals surface area contributed by atoms with Crippen molar-refractivity contribution >= 4 is 11.9 Å². The molecule has 0 aliphatic heterocycles. The number of ether oxygens (including phenoxy) is 2. The van der Waals surface area contributed by atoms with Gasteiger partial charge in [0.1, 0.15) is 0 Å². The fraction of sp³-hybridized carbons (Fsp3) is 0.667. The second kappa shape index (κ2) is 13.1. The van der Waals surface area contributed by atoms with Crippen LogP contribution in [0.15, 0.2) is 23.3 Å². The molecule has 0 aliphatic rings. The van der Waals surface area contributed by atoms with E-state index in [1.807, 2.05) is 13.0 Å². The fourth-order valence-electron chi connectivity index (χ4n) is 2.24. The van der Waals surface area contributed by atoms with E-state index in [9.17, 15) is 9.59 Å². The van der Waals surface area contributed by atoms with E-state index in [1.54, 1.807) is 6.92 Å². The first-order valence-electron chi connectivity index (χ1n) is 8.30. The van der Waals surface area contributed by atoms with Gasteiger partial charge in [-0.15, -0.1) is 0 Å². The van der Waals surface area contributed by atoms with Crippen LogP contribution in [-0.2, 0) is 19.1 Å². The Labute approximate surface area is 134 Å². The lowest BCUT2D eigenvalue weighted by Gasteiger charge is -2.12. The Kier molecular flexibility index (Phi) is 12.2. The van der Waals surface area contributed by atoms with Gasteiger partial charge in [-0.1, -0.05) is 38.3 Å². The summed E-state index contributed by atoms with van der Waals surface area (Å²) in [5, 5.41) is 0. The zero-order chi connectivity index (χ0) is 16.8. The Morgan fingerprint density at radius 1 is 0.773 bits per heavy atom. The molecule has 0 saturated heterocycles. The zero-order valence-electron chi connectivity index (χ0n) is 14.4. The minimum absolute atomic E-state index is 0.165. The Bertz CT molecular complexity index is 394. The van der Waals surface area contributed by atoms with Crippen molar-refractivity contribution in [3.63, 3.8) is 0 Å². The third-order valence-electron chi connectivity index (χ3n) is 3.17. The van der Waals surface area contributed by atoms with Gasteiger partial charge in [-0.3, -0.25) is 4.79 Å². The lowest BCUT2D eigenvalue weighted by molar-refractivity contribution is -0.143. The van der Waals surface area contributed by atoms with Crippen LogP contribution in [0.2, 0.25) is 0 Å². The minimum atomic E-state index is -0.322. The van der Waals surface area contributed by atoms with Crippen LogP contribution in [0.25, 0.3) is 0 Å². The molecule has 0 aromatic heterocycles. The van der Waals surface area contributed by atoms with Crippen molar-refractivity contribution in [2.45, 2.75) is 66.2 Å². The molecule has 0 aromatic carbocycles. The van der Waals surface area contributed by atoms with E-state index in [1.165, 1.54) is 11.6 Å². The van der Waals surface area contributed by atoms with E-state index in [2.05, 4.69) is 13.8 Å². The highest BCUT2D eigenvalue weighted by Crippen LogP contribution is 2.22. The van der Waals surface area contributed by atoms with Crippen molar-refractivity contribution in [1.82, 2.24) is 0 Å². The van der Waals surface area contributed by atoms with Crippen molar-refractivity contribution < 1.29 is 19.1 Å². The maximum absolute atomic E-state index is 11.5. The topological polar surface area (TPSA) is 52.6 Å². The SMILES string of the molecule is CCCC(/C=C/C(=O)OCC)=C(\CCC)CCC(=O)OCC. The minimum Gasteiger partial charge on any atom is -0.466 e. The maximum Gasteiger partial charge on any atom is 0.330 e. The molecule has 0 N–H and O–H groups in total. The molecule has 0 atom stereocenters. The second-order valence-corrected chi connectivity index (χ2v) is 5.02. The molecule has 22 heavy (non-hydrogen) atoms. The monoisotopic (exact) mass is 310 g/mol. The molecule has 4 nitrogen and oxygen atoms in total. The molecule has 0 radical (unpaired) electrons. The molecule has 126 valence electrons. The molecular formula is C18H30O4. The molecule has 0 spiro atoms. The van der Waals surface area contributed by atoms with Gasteiger partial charge in [0.25, 0.3) is 0 Å². The number of carbonyl (C=O) groups excluding carboxylic acids is 2. The number of rotatable bonds is 11. The summed E-state index contributed by atoms with van der Waals surface area (Å²) in [5.74, 6) is -0.487. The largest absolute Gasteiger partial charge is 0.466 e. The molecule has 0 heterocycles. The zero-order valence-corrected chi connectivity index (χ0v) is 14.4. The summed E-state index contributed by atoms with van der Waals surface area (Å²) in [5.41, 5.74) is 2.37. The number of hydrogen-bond donors (Lipinski definition) is 0. The summed E-state index contributed by atoms with van der Waals surface area (Å²) in [6, 6.07) is 0. The maximum atomic E-state index is 11.5. The van der Waals surface area contributed by atoms with E-state index in [0.29, 0.717) is 26.1 Å². The molecule has 0 fully saturated rings. The third-order valence-corrected chi connectivity index (χ3v) is 3.17. The van der Waals surface area contributed by atoms with Gasteiger partial charge in [0, 0.05) is 12.5 Å². The van der Waals surface area contributed by atoms with Crippen LogP contribution in [0.3, 0.4) is 0 Å². The third kappa shape index (κ3) is 9.37. The fourth-order valence-corrected chi connectivity index (χ4v) is 2.24. The van der Waals surface area contributed by atoms with Crippen LogP contribution in [0.4, 0.5) is 0 Å². The first-order valence-corrected chi connectivity index (χ1v) is 8.30. The Morgan fingerprint density at radius 2 is 1.41 bits per heavy atom. The number of esters is 2. The first kappa shape index (κ1) is 20.4. The van der Waals surface area contributed by atoms with Crippen molar-refractivity contribution in [2.75, 3.05) is 13.2 Å². The number of hydrogen-bond acceptors (Lipinski definition) is 4. The van der Waals surface area contributed by atoms with Gasteiger partial charge in [0.2, 0.25) is 0 Å². The van der Waals surface area contributed by atoms with Crippen LogP contribution >= 0.6 is 0 Å². The molecular weight excluding hydrogens is 280 g/mol. The van der Waals surface area contributed by atoms with Gasteiger partial charge in [-0.05, 0) is 38.7 Å². The summed E-state index contributed by atoms with van der Waals surface area (Å²) in [7, 11) is 0. The molecule has 0 aliphatic carbocycles. The molecule has 0 rings (SSSR count). The summed E-state index contributed by atoms with van der Waals surface area (Å²) >= 11 is 0. The van der Waals surface area contributed by atoms with E-state index in [4.69, 9.17) is 9.47 Å². The van der Waals surface area contributed by atoms with Gasteiger partial charge in [-0.25, -0.2) is 4.79 Å². The van der Waals surface area contributed by atoms with Crippen molar-refractivity contribution in [1.29, 1.82) is 0 Å². The van der Waals surface area contributed by atoms with Gasteiger partial charge >= 0.3 is 11.9 Å². The summed E-state index contributed by atoms with van der Waals surface area (Å²) in [6.07, 6.45) is 8.24. The van der Waals surface area contributed by atoms with E-state index in [0.717, 1.165) is 31.3 Å². The standard InChI is InChI=1S/C18H30O4/c1-5-9-15(11-13-17(19)21-7-3)16(10-6-2)12-14-18(20)22-8-4/h11,13H,5-10,12,14H2,1-4H3/b13-11+,16-15-. The summed E-state index contributed by atoms with van der Waals surface area (Å²) < 4.78 is 9.90. The van der Waals surface area contributed by atoms with Gasteiger partial charge in [-0.2, -0.15) is 0 Å². The van der Waals surface area contributed by atoms with Crippen molar-refractivity contribution in [3.05, 3.63) is 23.3 Å². The molecule has 0 unspecified atom stereocenters. The van der Waals surface area contributed by atoms with Gasteiger partial charge < -0.3 is 9.47 Å². The predicted molar refractivity (Wildman–Crippen MR) is 88.5 cm³/mol. The van der Waals surface area contributed by atoms with Gasteiger partial charge in [0.05, 0.1) is 13.2 Å². The van der Waals surface area contributed by atoms with Crippen molar-refractivity contribution in [2.24, 2.45) is 0 Å². The van der Waals surface area contributed by atoms with E-state index >= 15 is 0 Å². The highest BCUT2D eigenvalue weighted by atomic mass is 16.5. The highest BCUT2D eigenvalue weighted by molar-refractivity contribution is 5.82. The number of carbonyl (C=O) groups is 2. The highest BCUT2D eigenvalue weighted by Gasteiger charge is 2.09. The van der Waals surface area contributed by atoms with E-state index < -0.39 is 0 Å². The Hall–Kier alpha value is -1.58. The molecule has 0 saturated carbocycles. The average Bonchev–Trinajstić information content (AvgIpc) is 2.48. The molecule has 4 heteroatoms. The molecule has 0 bridgehead atoms. The smallest absolute Gasteiger partial charge is 0.330 e. The molecule has 0 amide bonds. The van der Waals surface area contributed by atoms with Crippen LogP contribution < -0.4 is 0 Å². The lowest BCUT2D eigenvalue weighted by atomic mass is 9.95. The normalized spacial score (nSPS) is 12.2. The van der Waals surface area contributed by atoms with Crippen molar-refractivity contribution in [3.8, 4) is 0 Å². The predicted octanol–water partition coefficient (Wildman–Crippen LogP) is 4.35. The molecule has 0 aromatic rings. The van der Waals surface area contributed by atoms with Crippen LogP contribution in [0, 0.1) is 0 Å². The second-order valence-electron chi connectivity index (χ2n) is 5.02. The average molecular weight is 310 g/mol. The summed E-state index contributed by atoms with van der Waals surface area (Å²) in [4.78, 5) is 23.0. The van der Waals surface area contributed by atoms with Crippen LogP contribution in [0.5, 0.6) is 0 Å². The Morgan fingerprint density at radius 3 is 1.95 bits per heavy atom. The summed E-state index contributed by atoms with van der Waals surface area (Å²) in [6.45, 7) is 8.61. The lowest BCUT2D eigenvalue weighted by Crippen LogP contribution is -2.05. The first-order chi connectivity index (χ1) is 10.6.